The van der Waals surface area contributed by atoms with Crippen LogP contribution in [-0.2, 0) is 16.0 Å². The number of carbonyl (C=O) groups excluding carboxylic acids is 1. The van der Waals surface area contributed by atoms with Crippen LogP contribution in [0.5, 0.6) is 0 Å². The van der Waals surface area contributed by atoms with Gasteiger partial charge in [-0.25, -0.2) is 0 Å². The standard InChI is InChI=1S/C16H20N2O3/c1-10(16(20)21)11(2)18-15(19)6-4-12-3-5-14-13(9-12)7-8-17-14/h3,5,7-11,17H,4,6H2,1-2H3,(H,18,19)(H,20,21). The Balaban J connectivity index is 1.87. The first-order valence-electron chi connectivity index (χ1n) is 7.05. The van der Waals surface area contributed by atoms with E-state index in [0.29, 0.717) is 12.8 Å². The van der Waals surface area contributed by atoms with E-state index in [2.05, 4.69) is 16.4 Å². The van der Waals surface area contributed by atoms with Crippen LogP contribution in [0.4, 0.5) is 0 Å². The van der Waals surface area contributed by atoms with Crippen molar-refractivity contribution < 1.29 is 14.7 Å². The minimum Gasteiger partial charge on any atom is -0.481 e. The summed E-state index contributed by atoms with van der Waals surface area (Å²) < 4.78 is 0. The number of carbonyl (C=O) groups is 2. The predicted octanol–water partition coefficient (Wildman–Crippen LogP) is 2.33. The number of hydrogen-bond acceptors (Lipinski definition) is 2. The Labute approximate surface area is 123 Å². The number of nitrogens with one attached hydrogen (secondary N) is 2. The molecule has 1 aromatic heterocycles. The van der Waals surface area contributed by atoms with Crippen molar-refractivity contribution >= 4 is 22.8 Å². The second-order valence-corrected chi connectivity index (χ2v) is 5.38. The van der Waals surface area contributed by atoms with Gasteiger partial charge in [0.05, 0.1) is 5.92 Å². The van der Waals surface area contributed by atoms with Gasteiger partial charge in [-0.15, -0.1) is 0 Å². The molecule has 0 radical (unpaired) electrons. The largest absolute Gasteiger partial charge is 0.481 e. The molecule has 0 saturated heterocycles. The molecule has 2 unspecified atom stereocenters. The Morgan fingerprint density at radius 1 is 1.29 bits per heavy atom. The average molecular weight is 288 g/mol. The van der Waals surface area contributed by atoms with Crippen LogP contribution in [0.15, 0.2) is 30.5 Å². The first-order chi connectivity index (χ1) is 9.97. The lowest BCUT2D eigenvalue weighted by atomic mass is 10.0. The maximum atomic E-state index is 11.9. The fourth-order valence-corrected chi connectivity index (χ4v) is 2.18. The highest BCUT2D eigenvalue weighted by molar-refractivity contribution is 5.81. The molecule has 0 aliphatic rings. The van der Waals surface area contributed by atoms with Gasteiger partial charge in [0.25, 0.3) is 0 Å². The molecule has 2 rings (SSSR count). The number of carboxylic acid groups (broad SMARTS) is 1. The molecule has 1 aromatic carbocycles. The molecule has 1 heterocycles. The van der Waals surface area contributed by atoms with Crippen molar-refractivity contribution in [3.63, 3.8) is 0 Å². The van der Waals surface area contributed by atoms with Crippen LogP contribution in [0.1, 0.15) is 25.8 Å². The van der Waals surface area contributed by atoms with Crippen LogP contribution < -0.4 is 5.32 Å². The van der Waals surface area contributed by atoms with E-state index in [0.717, 1.165) is 16.5 Å². The summed E-state index contributed by atoms with van der Waals surface area (Å²) in [7, 11) is 0. The molecule has 2 atom stereocenters. The average Bonchev–Trinajstić information content (AvgIpc) is 2.91. The summed E-state index contributed by atoms with van der Waals surface area (Å²) >= 11 is 0. The third-order valence-corrected chi connectivity index (χ3v) is 3.79. The molecule has 0 aliphatic heterocycles. The summed E-state index contributed by atoms with van der Waals surface area (Å²) in [5, 5.41) is 12.8. The number of H-pyrrole nitrogens is 1. The molecule has 0 fully saturated rings. The molecule has 5 heteroatoms. The molecule has 5 nitrogen and oxygen atoms in total. The van der Waals surface area contributed by atoms with E-state index in [1.54, 1.807) is 13.8 Å². The van der Waals surface area contributed by atoms with Crippen molar-refractivity contribution in [2.24, 2.45) is 5.92 Å². The van der Waals surface area contributed by atoms with E-state index in [1.165, 1.54) is 0 Å². The maximum Gasteiger partial charge on any atom is 0.308 e. The smallest absolute Gasteiger partial charge is 0.308 e. The van der Waals surface area contributed by atoms with Crippen molar-refractivity contribution in [1.29, 1.82) is 0 Å². The SMILES string of the molecule is CC(NC(=O)CCc1ccc2[nH]ccc2c1)C(C)C(=O)O. The Hall–Kier alpha value is -2.30. The third-order valence-electron chi connectivity index (χ3n) is 3.79. The van der Waals surface area contributed by atoms with E-state index < -0.39 is 11.9 Å². The van der Waals surface area contributed by atoms with Gasteiger partial charge in [0.2, 0.25) is 5.91 Å². The molecule has 1 amide bonds. The van der Waals surface area contributed by atoms with E-state index in [1.807, 2.05) is 24.4 Å². The summed E-state index contributed by atoms with van der Waals surface area (Å²) in [6, 6.07) is 7.67. The Morgan fingerprint density at radius 2 is 2.05 bits per heavy atom. The van der Waals surface area contributed by atoms with Gasteiger partial charge in [0.1, 0.15) is 0 Å². The Kier molecular flexibility index (Phi) is 4.62. The number of aliphatic carboxylic acids is 1. The van der Waals surface area contributed by atoms with Gasteiger partial charge in [-0.1, -0.05) is 6.07 Å². The number of benzene rings is 1. The summed E-state index contributed by atoms with van der Waals surface area (Å²) in [6.07, 6.45) is 2.88. The molecule has 0 aliphatic carbocycles. The quantitative estimate of drug-likeness (QED) is 0.763. The number of carboxylic acids is 1. The van der Waals surface area contributed by atoms with Gasteiger partial charge >= 0.3 is 5.97 Å². The van der Waals surface area contributed by atoms with Crippen LogP contribution >= 0.6 is 0 Å². The topological polar surface area (TPSA) is 82.2 Å². The maximum absolute atomic E-state index is 11.9. The Bertz CT molecular complexity index is 648. The molecule has 21 heavy (non-hydrogen) atoms. The fraction of sp³-hybridized carbons (Fsp3) is 0.375. The lowest BCUT2D eigenvalue weighted by molar-refractivity contribution is -0.142. The summed E-state index contributed by atoms with van der Waals surface area (Å²) in [5.74, 6) is -1.62. The number of hydrogen-bond donors (Lipinski definition) is 3. The highest BCUT2D eigenvalue weighted by Crippen LogP contribution is 2.15. The van der Waals surface area contributed by atoms with Crippen LogP contribution in [0.2, 0.25) is 0 Å². The lowest BCUT2D eigenvalue weighted by Gasteiger charge is -2.17. The number of aromatic nitrogens is 1. The molecule has 112 valence electrons. The second-order valence-electron chi connectivity index (χ2n) is 5.38. The van der Waals surface area contributed by atoms with Gasteiger partial charge in [-0.3, -0.25) is 9.59 Å². The number of aromatic amines is 1. The normalized spacial score (nSPS) is 13.8. The highest BCUT2D eigenvalue weighted by atomic mass is 16.4. The summed E-state index contributed by atoms with van der Waals surface area (Å²) in [6.45, 7) is 3.30. The molecule has 2 aromatic rings. The molecular weight excluding hydrogens is 268 g/mol. The predicted molar refractivity (Wildman–Crippen MR) is 81.0 cm³/mol. The van der Waals surface area contributed by atoms with Crippen LogP contribution in [0, 0.1) is 5.92 Å². The minimum atomic E-state index is -0.902. The molecule has 3 N–H and O–H groups in total. The zero-order valence-electron chi connectivity index (χ0n) is 12.2. The van der Waals surface area contributed by atoms with E-state index in [4.69, 9.17) is 5.11 Å². The highest BCUT2D eigenvalue weighted by Gasteiger charge is 2.20. The van der Waals surface area contributed by atoms with Crippen molar-refractivity contribution in [1.82, 2.24) is 10.3 Å². The van der Waals surface area contributed by atoms with Crippen molar-refractivity contribution in [3.8, 4) is 0 Å². The Morgan fingerprint density at radius 3 is 2.76 bits per heavy atom. The van der Waals surface area contributed by atoms with Gasteiger partial charge in [-0.2, -0.15) is 0 Å². The zero-order valence-corrected chi connectivity index (χ0v) is 12.2. The minimum absolute atomic E-state index is 0.121. The number of fused-ring (bicyclic) bond motifs is 1. The van der Waals surface area contributed by atoms with Crippen LogP contribution in [0.3, 0.4) is 0 Å². The lowest BCUT2D eigenvalue weighted by Crippen LogP contribution is -2.40. The molecule has 0 bridgehead atoms. The third kappa shape index (κ3) is 3.84. The zero-order chi connectivity index (χ0) is 15.4. The summed E-state index contributed by atoms with van der Waals surface area (Å²) in [5.41, 5.74) is 2.17. The first-order valence-corrected chi connectivity index (χ1v) is 7.05. The molecule has 0 saturated carbocycles. The van der Waals surface area contributed by atoms with E-state index in [-0.39, 0.29) is 11.9 Å². The second kappa shape index (κ2) is 6.43. The van der Waals surface area contributed by atoms with Gasteiger partial charge in [0, 0.05) is 24.2 Å². The molecular formula is C16H20N2O3. The van der Waals surface area contributed by atoms with Gasteiger partial charge in [0.15, 0.2) is 0 Å². The fourth-order valence-electron chi connectivity index (χ4n) is 2.18. The van der Waals surface area contributed by atoms with Gasteiger partial charge in [-0.05, 0) is 49.4 Å². The number of rotatable bonds is 6. The van der Waals surface area contributed by atoms with Crippen molar-refractivity contribution in [2.75, 3.05) is 0 Å². The van der Waals surface area contributed by atoms with Crippen molar-refractivity contribution in [3.05, 3.63) is 36.0 Å². The van der Waals surface area contributed by atoms with E-state index in [9.17, 15) is 9.59 Å². The molecule has 0 spiro atoms. The first kappa shape index (κ1) is 15.1. The van der Waals surface area contributed by atoms with Crippen LogP contribution in [0.25, 0.3) is 10.9 Å². The number of amides is 1. The van der Waals surface area contributed by atoms with Crippen LogP contribution in [-0.4, -0.2) is 28.0 Å². The monoisotopic (exact) mass is 288 g/mol. The summed E-state index contributed by atoms with van der Waals surface area (Å²) in [4.78, 5) is 25.8. The van der Waals surface area contributed by atoms with E-state index >= 15 is 0 Å². The van der Waals surface area contributed by atoms with Crippen molar-refractivity contribution in [2.45, 2.75) is 32.7 Å². The number of aryl methyl sites for hydroxylation is 1. The van der Waals surface area contributed by atoms with Gasteiger partial charge < -0.3 is 15.4 Å².